The quantitative estimate of drug-likeness (QED) is 0.846. The second-order valence-electron chi connectivity index (χ2n) is 3.53. The molecule has 1 aromatic carbocycles. The van der Waals surface area contributed by atoms with E-state index in [2.05, 4.69) is 25.6 Å². The fourth-order valence-electron chi connectivity index (χ4n) is 1.33. The fraction of sp³-hybridized carbons (Fsp3) is 0. The Kier molecular flexibility index (Phi) is 3.53. The van der Waals surface area contributed by atoms with Crippen LogP contribution in [0.1, 0.15) is 0 Å². The molecule has 0 saturated carbocycles. The number of hydrogen-bond donors (Lipinski definition) is 2. The third kappa shape index (κ3) is 2.80. The van der Waals surface area contributed by atoms with Gasteiger partial charge >= 0.3 is 0 Å². The highest BCUT2D eigenvalue weighted by atomic mass is 79.9. The SMILES string of the molecule is Nc1ccc(Br)c(NS(=O)(=O)c2cccnc2)c1. The summed E-state index contributed by atoms with van der Waals surface area (Å²) in [5.41, 5.74) is 6.48. The van der Waals surface area contributed by atoms with Gasteiger partial charge in [0.05, 0.1) is 5.69 Å². The van der Waals surface area contributed by atoms with Crippen molar-refractivity contribution in [2.24, 2.45) is 0 Å². The van der Waals surface area contributed by atoms with E-state index < -0.39 is 10.0 Å². The molecule has 0 aliphatic heterocycles. The minimum absolute atomic E-state index is 0.0966. The third-order valence-corrected chi connectivity index (χ3v) is 4.22. The Morgan fingerprint density at radius 2 is 2.06 bits per heavy atom. The molecule has 7 heteroatoms. The van der Waals surface area contributed by atoms with Crippen molar-refractivity contribution in [2.45, 2.75) is 4.90 Å². The number of nitrogens with one attached hydrogen (secondary N) is 1. The van der Waals surface area contributed by atoms with Crippen molar-refractivity contribution in [3.63, 3.8) is 0 Å². The standard InChI is InChI=1S/C11H10BrN3O2S/c12-10-4-3-8(13)6-11(10)15-18(16,17)9-2-1-5-14-7-9/h1-7,15H,13H2. The van der Waals surface area contributed by atoms with Crippen LogP contribution in [0, 0.1) is 0 Å². The van der Waals surface area contributed by atoms with Gasteiger partial charge in [-0.1, -0.05) is 0 Å². The minimum atomic E-state index is -3.65. The van der Waals surface area contributed by atoms with Crippen LogP contribution < -0.4 is 10.5 Å². The predicted octanol–water partition coefficient (Wildman–Crippen LogP) is 2.23. The zero-order chi connectivity index (χ0) is 13.2. The highest BCUT2D eigenvalue weighted by molar-refractivity contribution is 9.10. The molecule has 1 aromatic heterocycles. The normalized spacial score (nSPS) is 11.2. The van der Waals surface area contributed by atoms with E-state index in [1.54, 1.807) is 18.2 Å². The van der Waals surface area contributed by atoms with E-state index in [1.807, 2.05) is 0 Å². The van der Waals surface area contributed by atoms with Gasteiger partial charge in [-0.3, -0.25) is 9.71 Å². The maximum absolute atomic E-state index is 12.1. The van der Waals surface area contributed by atoms with Crippen molar-refractivity contribution in [3.8, 4) is 0 Å². The topological polar surface area (TPSA) is 85.1 Å². The second kappa shape index (κ2) is 4.95. The summed E-state index contributed by atoms with van der Waals surface area (Å²) in [5, 5.41) is 0. The highest BCUT2D eigenvalue weighted by Gasteiger charge is 2.15. The van der Waals surface area contributed by atoms with Crippen molar-refractivity contribution in [3.05, 3.63) is 47.2 Å². The van der Waals surface area contributed by atoms with Crippen LogP contribution in [0.3, 0.4) is 0 Å². The molecule has 2 aromatic rings. The molecule has 0 saturated heterocycles. The summed E-state index contributed by atoms with van der Waals surface area (Å²) >= 11 is 3.26. The number of anilines is 2. The van der Waals surface area contributed by atoms with Gasteiger partial charge in [0.1, 0.15) is 4.90 Å². The van der Waals surface area contributed by atoms with E-state index in [0.717, 1.165) is 0 Å². The number of hydrogen-bond acceptors (Lipinski definition) is 4. The van der Waals surface area contributed by atoms with Crippen LogP contribution in [-0.2, 0) is 10.0 Å². The Labute approximate surface area is 113 Å². The zero-order valence-corrected chi connectivity index (χ0v) is 11.6. The molecule has 5 nitrogen and oxygen atoms in total. The molecule has 94 valence electrons. The van der Waals surface area contributed by atoms with Gasteiger partial charge in [-0.25, -0.2) is 8.42 Å². The summed E-state index contributed by atoms with van der Waals surface area (Å²) in [7, 11) is -3.65. The molecule has 0 unspecified atom stereocenters. The zero-order valence-electron chi connectivity index (χ0n) is 9.17. The van der Waals surface area contributed by atoms with Crippen LogP contribution in [0.2, 0.25) is 0 Å². The van der Waals surface area contributed by atoms with Crippen molar-refractivity contribution >= 4 is 37.3 Å². The largest absolute Gasteiger partial charge is 0.399 e. The van der Waals surface area contributed by atoms with Gasteiger partial charge in [-0.15, -0.1) is 0 Å². The molecule has 3 N–H and O–H groups in total. The summed E-state index contributed by atoms with van der Waals surface area (Å²) in [6.07, 6.45) is 2.79. The number of pyridine rings is 1. The average molecular weight is 328 g/mol. The number of nitrogens with zero attached hydrogens (tertiary/aromatic N) is 1. The van der Waals surface area contributed by atoms with Gasteiger partial charge in [0.25, 0.3) is 10.0 Å². The lowest BCUT2D eigenvalue weighted by atomic mass is 10.3. The first-order chi connectivity index (χ1) is 8.49. The number of aromatic nitrogens is 1. The minimum Gasteiger partial charge on any atom is -0.399 e. The molecule has 0 fully saturated rings. The number of nitrogen functional groups attached to an aromatic ring is 1. The van der Waals surface area contributed by atoms with Crippen LogP contribution in [-0.4, -0.2) is 13.4 Å². The van der Waals surface area contributed by atoms with Crippen molar-refractivity contribution in [2.75, 3.05) is 10.5 Å². The molecule has 1 heterocycles. The average Bonchev–Trinajstić information content (AvgIpc) is 2.35. The van der Waals surface area contributed by atoms with Gasteiger partial charge in [0.15, 0.2) is 0 Å². The fourth-order valence-corrected chi connectivity index (χ4v) is 2.84. The maximum Gasteiger partial charge on any atom is 0.263 e. The molecule has 0 radical (unpaired) electrons. The summed E-state index contributed by atoms with van der Waals surface area (Å²) in [6, 6.07) is 7.92. The monoisotopic (exact) mass is 327 g/mol. The number of sulfonamides is 1. The van der Waals surface area contributed by atoms with Gasteiger partial charge in [-0.05, 0) is 46.3 Å². The van der Waals surface area contributed by atoms with E-state index in [1.165, 1.54) is 24.5 Å². The lowest BCUT2D eigenvalue weighted by molar-refractivity contribution is 0.601. The Morgan fingerprint density at radius 3 is 2.72 bits per heavy atom. The van der Waals surface area contributed by atoms with Crippen LogP contribution in [0.5, 0.6) is 0 Å². The van der Waals surface area contributed by atoms with E-state index in [-0.39, 0.29) is 4.90 Å². The summed E-state index contributed by atoms with van der Waals surface area (Å²) in [4.78, 5) is 3.87. The van der Waals surface area contributed by atoms with Gasteiger partial charge in [0, 0.05) is 22.6 Å². The molecule has 0 aliphatic carbocycles. The summed E-state index contributed by atoms with van der Waals surface area (Å²) in [5.74, 6) is 0. The molecule has 0 aliphatic rings. The first-order valence-electron chi connectivity index (χ1n) is 4.97. The first kappa shape index (κ1) is 12.8. The second-order valence-corrected chi connectivity index (χ2v) is 6.07. The lowest BCUT2D eigenvalue weighted by Gasteiger charge is -2.10. The Hall–Kier alpha value is -1.60. The van der Waals surface area contributed by atoms with E-state index in [4.69, 9.17) is 5.73 Å². The number of benzene rings is 1. The van der Waals surface area contributed by atoms with Crippen molar-refractivity contribution < 1.29 is 8.42 Å². The Bertz CT molecular complexity index is 659. The van der Waals surface area contributed by atoms with E-state index in [9.17, 15) is 8.42 Å². The molecule has 0 amide bonds. The molecule has 2 rings (SSSR count). The number of rotatable bonds is 3. The molecular weight excluding hydrogens is 318 g/mol. The van der Waals surface area contributed by atoms with E-state index in [0.29, 0.717) is 15.8 Å². The lowest BCUT2D eigenvalue weighted by Crippen LogP contribution is -2.13. The Balaban J connectivity index is 2.37. The summed E-state index contributed by atoms with van der Waals surface area (Å²) in [6.45, 7) is 0. The smallest absolute Gasteiger partial charge is 0.263 e. The van der Waals surface area contributed by atoms with Crippen LogP contribution in [0.15, 0.2) is 52.1 Å². The molecule has 0 spiro atoms. The highest BCUT2D eigenvalue weighted by Crippen LogP contribution is 2.26. The first-order valence-corrected chi connectivity index (χ1v) is 7.24. The maximum atomic E-state index is 12.1. The van der Waals surface area contributed by atoms with Gasteiger partial charge < -0.3 is 5.73 Å². The van der Waals surface area contributed by atoms with Crippen molar-refractivity contribution in [1.82, 2.24) is 4.98 Å². The molecule has 18 heavy (non-hydrogen) atoms. The van der Waals surface area contributed by atoms with Crippen molar-refractivity contribution in [1.29, 1.82) is 0 Å². The van der Waals surface area contributed by atoms with Crippen LogP contribution >= 0.6 is 15.9 Å². The van der Waals surface area contributed by atoms with Crippen LogP contribution in [0.25, 0.3) is 0 Å². The number of nitrogens with two attached hydrogens (primary N) is 1. The predicted molar refractivity (Wildman–Crippen MR) is 73.6 cm³/mol. The number of halogens is 1. The Morgan fingerprint density at radius 1 is 1.28 bits per heavy atom. The van der Waals surface area contributed by atoms with Crippen LogP contribution in [0.4, 0.5) is 11.4 Å². The molecule has 0 atom stereocenters. The molecule has 0 bridgehead atoms. The third-order valence-electron chi connectivity index (χ3n) is 2.18. The van der Waals surface area contributed by atoms with E-state index >= 15 is 0 Å². The summed E-state index contributed by atoms with van der Waals surface area (Å²) < 4.78 is 27.2. The van der Waals surface area contributed by atoms with Gasteiger partial charge in [-0.2, -0.15) is 0 Å². The van der Waals surface area contributed by atoms with Gasteiger partial charge in [0.2, 0.25) is 0 Å². The molecular formula is C11H10BrN3O2S.